The van der Waals surface area contributed by atoms with Crippen LogP contribution in [0, 0.1) is 0 Å². The van der Waals surface area contributed by atoms with Crippen molar-refractivity contribution in [3.63, 3.8) is 0 Å². The molecule has 9 nitrogen and oxygen atoms in total. The lowest BCUT2D eigenvalue weighted by molar-refractivity contribution is -0.115. The van der Waals surface area contributed by atoms with Gasteiger partial charge in [0, 0.05) is 5.69 Å². The standard InChI is InChI=1S/C19H28N4O5S/c1-5-6-7-11-16(20)23-29(26,27)15-10-8-9-14(12-15)22-17(24)13-21-18(25)28-19(2,3)4/h5-10,12,16,23H,1,11,13,20H2,2-4H3,(H,21,25)(H,22,24)/b7-6-. The van der Waals surface area contributed by atoms with Gasteiger partial charge in [-0.05, 0) is 45.4 Å². The van der Waals surface area contributed by atoms with Crippen molar-refractivity contribution in [1.29, 1.82) is 0 Å². The number of benzene rings is 1. The van der Waals surface area contributed by atoms with Crippen LogP contribution >= 0.6 is 0 Å². The molecule has 0 aliphatic rings. The minimum Gasteiger partial charge on any atom is -0.444 e. The van der Waals surface area contributed by atoms with Crippen LogP contribution in [0.3, 0.4) is 0 Å². The summed E-state index contributed by atoms with van der Waals surface area (Å²) in [5.41, 5.74) is 5.34. The van der Waals surface area contributed by atoms with E-state index in [1.54, 1.807) is 39.0 Å². The van der Waals surface area contributed by atoms with Crippen LogP contribution in [0.5, 0.6) is 0 Å². The Morgan fingerprint density at radius 3 is 2.62 bits per heavy atom. The molecule has 29 heavy (non-hydrogen) atoms. The summed E-state index contributed by atoms with van der Waals surface area (Å²) >= 11 is 0. The summed E-state index contributed by atoms with van der Waals surface area (Å²) < 4.78 is 32.3. The number of nitrogens with one attached hydrogen (secondary N) is 3. The maximum atomic E-state index is 12.4. The van der Waals surface area contributed by atoms with Gasteiger partial charge in [-0.3, -0.25) is 4.79 Å². The summed E-state index contributed by atoms with van der Waals surface area (Å²) in [6.07, 6.45) is 3.66. The van der Waals surface area contributed by atoms with Gasteiger partial charge in [0.2, 0.25) is 15.9 Å². The first-order valence-corrected chi connectivity index (χ1v) is 10.3. The third-order valence-corrected chi connectivity index (χ3v) is 4.68. The summed E-state index contributed by atoms with van der Waals surface area (Å²) in [4.78, 5) is 23.5. The molecule has 0 saturated carbocycles. The number of ether oxygens (including phenoxy) is 1. The smallest absolute Gasteiger partial charge is 0.408 e. The Kier molecular flexibility index (Phi) is 9.02. The van der Waals surface area contributed by atoms with E-state index in [0.717, 1.165) is 0 Å². The SMILES string of the molecule is C=C/C=C\CC(N)NS(=O)(=O)c1cccc(NC(=O)CNC(=O)OC(C)(C)C)c1. The van der Waals surface area contributed by atoms with Gasteiger partial charge in [0.25, 0.3) is 0 Å². The Balaban J connectivity index is 2.69. The average Bonchev–Trinajstić information content (AvgIpc) is 2.58. The maximum absolute atomic E-state index is 12.4. The topological polar surface area (TPSA) is 140 Å². The number of anilines is 1. The van der Waals surface area contributed by atoms with Crippen molar-refractivity contribution < 1.29 is 22.7 Å². The lowest BCUT2D eigenvalue weighted by atomic mass is 10.2. The van der Waals surface area contributed by atoms with Gasteiger partial charge < -0.3 is 21.1 Å². The molecular formula is C19H28N4O5S. The predicted molar refractivity (Wildman–Crippen MR) is 112 cm³/mol. The second-order valence-electron chi connectivity index (χ2n) is 7.06. The third kappa shape index (κ3) is 9.88. The first-order chi connectivity index (χ1) is 13.4. The molecule has 1 rings (SSSR count). The van der Waals surface area contributed by atoms with Gasteiger partial charge in [-0.15, -0.1) is 0 Å². The highest BCUT2D eigenvalue weighted by Crippen LogP contribution is 2.16. The van der Waals surface area contributed by atoms with Crippen LogP contribution in [0.15, 0.2) is 54.0 Å². The van der Waals surface area contributed by atoms with E-state index in [0.29, 0.717) is 0 Å². The van der Waals surface area contributed by atoms with E-state index in [4.69, 9.17) is 10.5 Å². The summed E-state index contributed by atoms with van der Waals surface area (Å²) in [5.74, 6) is -0.537. The number of amides is 2. The zero-order chi connectivity index (χ0) is 22.1. The zero-order valence-corrected chi connectivity index (χ0v) is 17.6. The molecule has 0 spiro atoms. The normalized spacial score (nSPS) is 13.0. The van der Waals surface area contributed by atoms with Crippen molar-refractivity contribution in [2.45, 2.75) is 43.9 Å². The van der Waals surface area contributed by atoms with E-state index in [-0.39, 0.29) is 23.5 Å². The Morgan fingerprint density at radius 2 is 2.00 bits per heavy atom. The van der Waals surface area contributed by atoms with Gasteiger partial charge in [-0.25, -0.2) is 13.2 Å². The molecule has 1 unspecified atom stereocenters. The van der Waals surface area contributed by atoms with Crippen molar-refractivity contribution in [3.05, 3.63) is 49.1 Å². The van der Waals surface area contributed by atoms with Crippen molar-refractivity contribution in [1.82, 2.24) is 10.0 Å². The van der Waals surface area contributed by atoms with E-state index in [1.165, 1.54) is 24.3 Å². The van der Waals surface area contributed by atoms with Crippen molar-refractivity contribution in [2.24, 2.45) is 5.73 Å². The first kappa shape index (κ1) is 24.3. The predicted octanol–water partition coefficient (Wildman–Crippen LogP) is 1.85. The van der Waals surface area contributed by atoms with Crippen LogP contribution in [0.1, 0.15) is 27.2 Å². The summed E-state index contributed by atoms with van der Waals surface area (Å²) in [6.45, 7) is 8.30. The van der Waals surface area contributed by atoms with Crippen LogP contribution in [-0.2, 0) is 19.6 Å². The van der Waals surface area contributed by atoms with E-state index >= 15 is 0 Å². The van der Waals surface area contributed by atoms with Crippen LogP contribution in [0.25, 0.3) is 0 Å². The third-order valence-electron chi connectivity index (χ3n) is 3.19. The Labute approximate surface area is 171 Å². The van der Waals surface area contributed by atoms with Crippen LogP contribution in [-0.4, -0.2) is 38.7 Å². The largest absolute Gasteiger partial charge is 0.444 e. The fourth-order valence-electron chi connectivity index (χ4n) is 2.05. The molecule has 0 radical (unpaired) electrons. The molecule has 0 aromatic heterocycles. The molecule has 1 atom stereocenters. The second-order valence-corrected chi connectivity index (χ2v) is 8.77. The number of hydrogen-bond acceptors (Lipinski definition) is 6. The van der Waals surface area contributed by atoms with E-state index in [1.807, 2.05) is 0 Å². The Morgan fingerprint density at radius 1 is 1.31 bits per heavy atom. The molecule has 0 heterocycles. The number of rotatable bonds is 9. The molecule has 0 aliphatic carbocycles. The van der Waals surface area contributed by atoms with Crippen LogP contribution in [0.4, 0.5) is 10.5 Å². The molecule has 1 aromatic carbocycles. The lowest BCUT2D eigenvalue weighted by Gasteiger charge is -2.19. The quantitative estimate of drug-likeness (QED) is 0.352. The van der Waals surface area contributed by atoms with E-state index in [2.05, 4.69) is 21.9 Å². The highest BCUT2D eigenvalue weighted by atomic mass is 32.2. The number of allylic oxidation sites excluding steroid dienone is 2. The fourth-order valence-corrected chi connectivity index (χ4v) is 3.22. The van der Waals surface area contributed by atoms with Crippen molar-refractivity contribution in [2.75, 3.05) is 11.9 Å². The number of sulfonamides is 1. The summed E-state index contributed by atoms with van der Waals surface area (Å²) in [7, 11) is -3.88. The highest BCUT2D eigenvalue weighted by molar-refractivity contribution is 7.89. The number of carbonyl (C=O) groups is 2. The Hall–Kier alpha value is -2.69. The average molecular weight is 425 g/mol. The minimum absolute atomic E-state index is 0.0569. The Bertz CT molecular complexity index is 860. The van der Waals surface area contributed by atoms with Gasteiger partial charge >= 0.3 is 6.09 Å². The molecule has 10 heteroatoms. The van der Waals surface area contributed by atoms with Gasteiger partial charge in [-0.1, -0.05) is 30.9 Å². The molecule has 0 aliphatic heterocycles. The molecule has 0 fully saturated rings. The van der Waals surface area contributed by atoms with Gasteiger partial charge in [0.05, 0.1) is 11.1 Å². The molecule has 1 aromatic rings. The van der Waals surface area contributed by atoms with E-state index < -0.39 is 33.8 Å². The first-order valence-electron chi connectivity index (χ1n) is 8.85. The monoisotopic (exact) mass is 424 g/mol. The fraction of sp³-hybridized carbons (Fsp3) is 0.368. The minimum atomic E-state index is -3.88. The molecule has 160 valence electrons. The number of carbonyl (C=O) groups excluding carboxylic acids is 2. The maximum Gasteiger partial charge on any atom is 0.408 e. The summed E-state index contributed by atoms with van der Waals surface area (Å²) in [6, 6.07) is 5.68. The van der Waals surface area contributed by atoms with Crippen molar-refractivity contribution >= 4 is 27.7 Å². The molecule has 2 amide bonds. The van der Waals surface area contributed by atoms with Gasteiger partial charge in [0.1, 0.15) is 12.1 Å². The van der Waals surface area contributed by atoms with Crippen LogP contribution < -0.4 is 21.1 Å². The van der Waals surface area contributed by atoms with Gasteiger partial charge in [0.15, 0.2) is 0 Å². The molecule has 5 N–H and O–H groups in total. The highest BCUT2D eigenvalue weighted by Gasteiger charge is 2.19. The zero-order valence-electron chi connectivity index (χ0n) is 16.8. The number of nitrogens with two attached hydrogens (primary N) is 1. The molecule has 0 bridgehead atoms. The van der Waals surface area contributed by atoms with Gasteiger partial charge in [-0.2, -0.15) is 4.72 Å². The number of alkyl carbamates (subject to hydrolysis) is 1. The molecule has 0 saturated heterocycles. The number of hydrogen-bond donors (Lipinski definition) is 4. The van der Waals surface area contributed by atoms with Crippen molar-refractivity contribution in [3.8, 4) is 0 Å². The summed E-state index contributed by atoms with van der Waals surface area (Å²) in [5, 5.41) is 4.83. The van der Waals surface area contributed by atoms with Crippen LogP contribution in [0.2, 0.25) is 0 Å². The van der Waals surface area contributed by atoms with E-state index in [9.17, 15) is 18.0 Å². The second kappa shape index (κ2) is 10.7. The lowest BCUT2D eigenvalue weighted by Crippen LogP contribution is -2.41. The molecular weight excluding hydrogens is 396 g/mol.